The second-order valence-electron chi connectivity index (χ2n) is 5.19. The molecule has 1 fully saturated rings. The van der Waals surface area contributed by atoms with E-state index in [-0.39, 0.29) is 5.54 Å². The first-order valence-electron chi connectivity index (χ1n) is 6.34. The summed E-state index contributed by atoms with van der Waals surface area (Å²) in [6, 6.07) is 0. The lowest BCUT2D eigenvalue weighted by Gasteiger charge is -2.41. The lowest BCUT2D eigenvalue weighted by atomic mass is 10.0. The van der Waals surface area contributed by atoms with Gasteiger partial charge in [0.05, 0.1) is 19.4 Å². The summed E-state index contributed by atoms with van der Waals surface area (Å²) < 4.78 is 6.06. The fourth-order valence-corrected chi connectivity index (χ4v) is 2.37. The third-order valence-corrected chi connectivity index (χ3v) is 3.71. The van der Waals surface area contributed by atoms with Crippen molar-refractivity contribution in [2.75, 3.05) is 43.9 Å². The lowest BCUT2D eigenvalue weighted by molar-refractivity contribution is -0.00570. The van der Waals surface area contributed by atoms with Gasteiger partial charge in [-0.2, -0.15) is 0 Å². The highest BCUT2D eigenvalue weighted by Gasteiger charge is 2.28. The van der Waals surface area contributed by atoms with Gasteiger partial charge in [-0.25, -0.2) is 9.97 Å². The van der Waals surface area contributed by atoms with E-state index in [0.29, 0.717) is 16.2 Å². The highest BCUT2D eigenvalue weighted by Crippen LogP contribution is 2.20. The van der Waals surface area contributed by atoms with Crippen LogP contribution in [0.15, 0.2) is 10.8 Å². The second kappa shape index (κ2) is 6.02. The minimum atomic E-state index is 0.0141. The van der Waals surface area contributed by atoms with Crippen LogP contribution in [0.25, 0.3) is 0 Å². The molecule has 0 radical (unpaired) electrons. The van der Waals surface area contributed by atoms with Crippen LogP contribution in [0.4, 0.5) is 11.6 Å². The Labute approximate surface area is 121 Å². The van der Waals surface area contributed by atoms with Crippen LogP contribution < -0.4 is 11.1 Å². The standard InChI is InChI=1S/C12H20BrN5O/c1-12(2,18-3-5-19-6-4-18)8-16-11-10(14)15-7-9(13)17-11/h7H,3-6,8H2,1-2H3,(H2,14,15)(H,16,17). The molecule has 0 bridgehead atoms. The summed E-state index contributed by atoms with van der Waals surface area (Å²) >= 11 is 3.30. The lowest BCUT2D eigenvalue weighted by Crippen LogP contribution is -2.53. The zero-order chi connectivity index (χ0) is 13.9. The van der Waals surface area contributed by atoms with Crippen molar-refractivity contribution >= 4 is 27.6 Å². The van der Waals surface area contributed by atoms with E-state index >= 15 is 0 Å². The molecule has 19 heavy (non-hydrogen) atoms. The van der Waals surface area contributed by atoms with Gasteiger partial charge in [-0.05, 0) is 29.8 Å². The van der Waals surface area contributed by atoms with Gasteiger partial charge in [0.15, 0.2) is 11.6 Å². The number of hydrogen-bond donors (Lipinski definition) is 2. The van der Waals surface area contributed by atoms with Crippen LogP contribution in [0.5, 0.6) is 0 Å². The Morgan fingerprint density at radius 1 is 1.47 bits per heavy atom. The Kier molecular flexibility index (Phi) is 4.59. The largest absolute Gasteiger partial charge is 0.381 e. The molecule has 0 aliphatic carbocycles. The molecule has 6 nitrogen and oxygen atoms in total. The number of anilines is 2. The molecular formula is C12H20BrN5O. The second-order valence-corrected chi connectivity index (χ2v) is 6.00. The molecule has 0 spiro atoms. The van der Waals surface area contributed by atoms with Gasteiger partial charge in [-0.15, -0.1) is 0 Å². The molecule has 0 atom stereocenters. The van der Waals surface area contributed by atoms with Crippen LogP contribution in [0.2, 0.25) is 0 Å². The monoisotopic (exact) mass is 329 g/mol. The zero-order valence-corrected chi connectivity index (χ0v) is 12.9. The number of nitrogens with two attached hydrogens (primary N) is 1. The molecule has 0 aromatic carbocycles. The SMILES string of the molecule is CC(C)(CNc1nc(Br)cnc1N)N1CCOCC1. The van der Waals surface area contributed by atoms with Crippen molar-refractivity contribution in [2.45, 2.75) is 19.4 Å². The number of nitrogen functional groups attached to an aromatic ring is 1. The molecule has 2 heterocycles. The minimum absolute atomic E-state index is 0.0141. The Bertz CT molecular complexity index is 434. The van der Waals surface area contributed by atoms with E-state index in [1.807, 2.05) is 0 Å². The Morgan fingerprint density at radius 2 is 2.16 bits per heavy atom. The van der Waals surface area contributed by atoms with Crippen molar-refractivity contribution in [3.8, 4) is 0 Å². The number of nitrogens with one attached hydrogen (secondary N) is 1. The summed E-state index contributed by atoms with van der Waals surface area (Å²) in [5.41, 5.74) is 5.82. The molecule has 3 N–H and O–H groups in total. The summed E-state index contributed by atoms with van der Waals surface area (Å²) in [4.78, 5) is 10.8. The number of morpholine rings is 1. The molecule has 0 amide bonds. The summed E-state index contributed by atoms with van der Waals surface area (Å²) in [7, 11) is 0. The summed E-state index contributed by atoms with van der Waals surface area (Å²) in [6.45, 7) is 8.65. The maximum atomic E-state index is 5.81. The van der Waals surface area contributed by atoms with Crippen LogP contribution >= 0.6 is 15.9 Å². The molecular weight excluding hydrogens is 310 g/mol. The maximum Gasteiger partial charge on any atom is 0.170 e. The third kappa shape index (κ3) is 3.77. The van der Waals surface area contributed by atoms with Gasteiger partial charge in [0.25, 0.3) is 0 Å². The summed E-state index contributed by atoms with van der Waals surface area (Å²) in [5.74, 6) is 1.04. The van der Waals surface area contributed by atoms with Crippen LogP contribution in [0, 0.1) is 0 Å². The molecule has 1 aliphatic rings. The van der Waals surface area contributed by atoms with Gasteiger partial charge in [0.2, 0.25) is 0 Å². The predicted molar refractivity (Wildman–Crippen MR) is 79.1 cm³/mol. The molecule has 1 aliphatic heterocycles. The van der Waals surface area contributed by atoms with E-state index in [9.17, 15) is 0 Å². The van der Waals surface area contributed by atoms with Crippen LogP contribution in [-0.2, 0) is 4.74 Å². The molecule has 2 rings (SSSR count). The van der Waals surface area contributed by atoms with Gasteiger partial charge in [-0.1, -0.05) is 0 Å². The number of rotatable bonds is 4. The van der Waals surface area contributed by atoms with Crippen molar-refractivity contribution in [3.05, 3.63) is 10.8 Å². The first-order chi connectivity index (χ1) is 8.99. The zero-order valence-electron chi connectivity index (χ0n) is 11.3. The number of ether oxygens (including phenoxy) is 1. The molecule has 1 aromatic heterocycles. The summed E-state index contributed by atoms with van der Waals surface area (Å²) in [5, 5.41) is 3.28. The Morgan fingerprint density at radius 3 is 2.84 bits per heavy atom. The van der Waals surface area contributed by atoms with Crippen LogP contribution in [0.1, 0.15) is 13.8 Å². The van der Waals surface area contributed by atoms with Gasteiger partial charge in [0.1, 0.15) is 4.60 Å². The maximum absolute atomic E-state index is 5.81. The van der Waals surface area contributed by atoms with Crippen LogP contribution in [-0.4, -0.2) is 53.3 Å². The van der Waals surface area contributed by atoms with Crippen molar-refractivity contribution in [2.24, 2.45) is 0 Å². The van der Waals surface area contributed by atoms with E-state index in [1.165, 1.54) is 0 Å². The minimum Gasteiger partial charge on any atom is -0.381 e. The highest BCUT2D eigenvalue weighted by molar-refractivity contribution is 9.10. The van der Waals surface area contributed by atoms with E-state index in [0.717, 1.165) is 32.8 Å². The average molecular weight is 330 g/mol. The Balaban J connectivity index is 1.98. The molecule has 1 aromatic rings. The number of hydrogen-bond acceptors (Lipinski definition) is 6. The molecule has 0 saturated carbocycles. The Hall–Kier alpha value is -0.920. The number of aromatic nitrogens is 2. The average Bonchev–Trinajstić information content (AvgIpc) is 2.41. The first kappa shape index (κ1) is 14.5. The predicted octanol–water partition coefficient (Wildman–Crippen LogP) is 1.34. The quantitative estimate of drug-likeness (QED) is 0.868. The van der Waals surface area contributed by atoms with E-state index in [4.69, 9.17) is 10.5 Å². The third-order valence-electron chi connectivity index (χ3n) is 3.33. The van der Waals surface area contributed by atoms with E-state index in [2.05, 4.69) is 50.0 Å². The normalized spacial score (nSPS) is 17.4. The number of nitrogens with zero attached hydrogens (tertiary/aromatic N) is 3. The summed E-state index contributed by atoms with van der Waals surface area (Å²) in [6.07, 6.45) is 1.59. The molecule has 0 unspecified atom stereocenters. The van der Waals surface area contributed by atoms with Crippen molar-refractivity contribution < 1.29 is 4.74 Å². The fourth-order valence-electron chi connectivity index (χ4n) is 2.09. The fraction of sp³-hybridized carbons (Fsp3) is 0.667. The highest BCUT2D eigenvalue weighted by atomic mass is 79.9. The molecule has 7 heteroatoms. The molecule has 1 saturated heterocycles. The van der Waals surface area contributed by atoms with Gasteiger partial charge in [0, 0.05) is 25.2 Å². The first-order valence-corrected chi connectivity index (χ1v) is 7.13. The smallest absolute Gasteiger partial charge is 0.170 e. The van der Waals surface area contributed by atoms with Gasteiger partial charge in [-0.3, -0.25) is 4.90 Å². The topological polar surface area (TPSA) is 76.3 Å². The van der Waals surface area contributed by atoms with E-state index in [1.54, 1.807) is 6.20 Å². The number of halogens is 1. The van der Waals surface area contributed by atoms with Crippen molar-refractivity contribution in [1.29, 1.82) is 0 Å². The van der Waals surface area contributed by atoms with Crippen LogP contribution in [0.3, 0.4) is 0 Å². The van der Waals surface area contributed by atoms with Crippen molar-refractivity contribution in [1.82, 2.24) is 14.9 Å². The van der Waals surface area contributed by atoms with Crippen molar-refractivity contribution in [3.63, 3.8) is 0 Å². The molecule has 106 valence electrons. The van der Waals surface area contributed by atoms with Gasteiger partial charge >= 0.3 is 0 Å². The van der Waals surface area contributed by atoms with Gasteiger partial charge < -0.3 is 15.8 Å². The van der Waals surface area contributed by atoms with E-state index < -0.39 is 0 Å².